The van der Waals surface area contributed by atoms with E-state index < -0.39 is 0 Å². The number of hydrogen-bond donors (Lipinski definition) is 2. The highest BCUT2D eigenvalue weighted by atomic mass is 32.1. The molecule has 0 aromatic heterocycles. The zero-order valence-corrected chi connectivity index (χ0v) is 10.7. The van der Waals surface area contributed by atoms with E-state index in [0.717, 1.165) is 10.5 Å². The minimum Gasteiger partial charge on any atom is -0.493 e. The smallest absolute Gasteiger partial charge is 0.203 e. The van der Waals surface area contributed by atoms with Crippen molar-refractivity contribution in [3.8, 4) is 17.2 Å². The lowest BCUT2D eigenvalue weighted by molar-refractivity contribution is 0.321. The summed E-state index contributed by atoms with van der Waals surface area (Å²) in [6, 6.07) is 1.79. The molecule has 0 unspecified atom stereocenters. The third-order valence-corrected chi connectivity index (χ3v) is 2.78. The van der Waals surface area contributed by atoms with Crippen molar-refractivity contribution in [3.05, 3.63) is 11.6 Å². The fraction of sp³-hybridized carbons (Fsp3) is 0.400. The van der Waals surface area contributed by atoms with Crippen molar-refractivity contribution >= 4 is 25.3 Å². The maximum absolute atomic E-state index is 5.28. The van der Waals surface area contributed by atoms with Crippen LogP contribution in [0.5, 0.6) is 17.2 Å². The lowest BCUT2D eigenvalue weighted by Crippen LogP contribution is -1.99. The molecule has 1 aromatic rings. The number of ether oxygens (including phenoxy) is 3. The quantitative estimate of drug-likeness (QED) is 0.799. The van der Waals surface area contributed by atoms with Crippen LogP contribution in [-0.2, 0) is 5.75 Å². The first-order valence-corrected chi connectivity index (χ1v) is 5.39. The molecule has 0 aliphatic rings. The predicted molar refractivity (Wildman–Crippen MR) is 66.0 cm³/mol. The van der Waals surface area contributed by atoms with Gasteiger partial charge in [0.05, 0.1) is 21.3 Å². The Labute approximate surface area is 101 Å². The SMILES string of the molecule is COc1cc(S)c(CS)c(OC)c1OC. The van der Waals surface area contributed by atoms with Crippen LogP contribution >= 0.6 is 25.3 Å². The molecule has 0 atom stereocenters. The Bertz CT molecular complexity index is 353. The van der Waals surface area contributed by atoms with Crippen molar-refractivity contribution < 1.29 is 14.2 Å². The van der Waals surface area contributed by atoms with Crippen molar-refractivity contribution in [1.29, 1.82) is 0 Å². The molecule has 0 amide bonds. The van der Waals surface area contributed by atoms with E-state index in [2.05, 4.69) is 25.3 Å². The third-order valence-electron chi connectivity index (χ3n) is 2.07. The average Bonchev–Trinajstić information content (AvgIpc) is 2.27. The molecular weight excluding hydrogens is 232 g/mol. The van der Waals surface area contributed by atoms with Gasteiger partial charge in [-0.2, -0.15) is 12.6 Å². The van der Waals surface area contributed by atoms with E-state index in [1.807, 2.05) is 0 Å². The summed E-state index contributed by atoms with van der Waals surface area (Å²) in [6.07, 6.45) is 0. The van der Waals surface area contributed by atoms with Crippen LogP contribution in [-0.4, -0.2) is 21.3 Å². The van der Waals surface area contributed by atoms with Gasteiger partial charge in [-0.25, -0.2) is 0 Å². The number of rotatable bonds is 4. The molecule has 84 valence electrons. The van der Waals surface area contributed by atoms with Gasteiger partial charge in [0, 0.05) is 16.2 Å². The molecule has 0 radical (unpaired) electrons. The Morgan fingerprint density at radius 1 is 1.07 bits per heavy atom. The van der Waals surface area contributed by atoms with Gasteiger partial charge in [-0.3, -0.25) is 0 Å². The van der Waals surface area contributed by atoms with Crippen LogP contribution in [0.2, 0.25) is 0 Å². The summed E-state index contributed by atoms with van der Waals surface area (Å²) < 4.78 is 15.7. The molecule has 0 bridgehead atoms. The lowest BCUT2D eigenvalue weighted by atomic mass is 10.2. The minimum absolute atomic E-state index is 0.530. The van der Waals surface area contributed by atoms with Crippen LogP contribution in [0.1, 0.15) is 5.56 Å². The van der Waals surface area contributed by atoms with Crippen molar-refractivity contribution in [2.45, 2.75) is 10.6 Å². The van der Waals surface area contributed by atoms with E-state index in [1.165, 1.54) is 0 Å². The largest absolute Gasteiger partial charge is 0.493 e. The lowest BCUT2D eigenvalue weighted by Gasteiger charge is -2.16. The Morgan fingerprint density at radius 2 is 1.67 bits per heavy atom. The van der Waals surface area contributed by atoms with Crippen molar-refractivity contribution in [3.63, 3.8) is 0 Å². The summed E-state index contributed by atoms with van der Waals surface area (Å²) in [5.74, 6) is 2.33. The highest BCUT2D eigenvalue weighted by Crippen LogP contribution is 2.43. The van der Waals surface area contributed by atoms with Crippen LogP contribution in [0.4, 0.5) is 0 Å². The van der Waals surface area contributed by atoms with Gasteiger partial charge in [-0.15, -0.1) is 12.6 Å². The van der Waals surface area contributed by atoms with Gasteiger partial charge in [0.2, 0.25) is 5.75 Å². The van der Waals surface area contributed by atoms with Crippen LogP contribution in [0.25, 0.3) is 0 Å². The molecule has 0 saturated heterocycles. The molecule has 0 heterocycles. The molecule has 0 fully saturated rings. The topological polar surface area (TPSA) is 27.7 Å². The van der Waals surface area contributed by atoms with Crippen LogP contribution in [0.3, 0.4) is 0 Å². The molecular formula is C10H14O3S2. The molecule has 3 nitrogen and oxygen atoms in total. The second kappa shape index (κ2) is 5.42. The molecule has 5 heteroatoms. The van der Waals surface area contributed by atoms with Gasteiger partial charge in [0.15, 0.2) is 11.5 Å². The number of hydrogen-bond acceptors (Lipinski definition) is 5. The second-order valence-corrected chi connectivity index (χ2v) is 3.60. The summed E-state index contributed by atoms with van der Waals surface area (Å²) in [4.78, 5) is 0.777. The molecule has 0 saturated carbocycles. The molecule has 15 heavy (non-hydrogen) atoms. The fourth-order valence-electron chi connectivity index (χ4n) is 1.36. The second-order valence-electron chi connectivity index (χ2n) is 2.80. The van der Waals surface area contributed by atoms with E-state index in [1.54, 1.807) is 27.4 Å². The first-order valence-electron chi connectivity index (χ1n) is 4.31. The van der Waals surface area contributed by atoms with Gasteiger partial charge in [0.1, 0.15) is 0 Å². The van der Waals surface area contributed by atoms with Crippen molar-refractivity contribution in [1.82, 2.24) is 0 Å². The van der Waals surface area contributed by atoms with Gasteiger partial charge >= 0.3 is 0 Å². The van der Waals surface area contributed by atoms with Gasteiger partial charge < -0.3 is 14.2 Å². The number of methoxy groups -OCH3 is 3. The summed E-state index contributed by atoms with van der Waals surface area (Å²) >= 11 is 8.57. The summed E-state index contributed by atoms with van der Waals surface area (Å²) in [5, 5.41) is 0. The molecule has 0 aliphatic carbocycles. The maximum Gasteiger partial charge on any atom is 0.203 e. The van der Waals surface area contributed by atoms with E-state index in [4.69, 9.17) is 14.2 Å². The first-order chi connectivity index (χ1) is 7.19. The van der Waals surface area contributed by atoms with Crippen molar-refractivity contribution in [2.75, 3.05) is 21.3 Å². The summed E-state index contributed by atoms with van der Waals surface area (Å²) in [5.41, 5.74) is 0.891. The normalized spacial score (nSPS) is 9.93. The monoisotopic (exact) mass is 246 g/mol. The van der Waals surface area contributed by atoms with Gasteiger partial charge in [0.25, 0.3) is 0 Å². The predicted octanol–water partition coefficient (Wildman–Crippen LogP) is 2.43. The van der Waals surface area contributed by atoms with E-state index in [-0.39, 0.29) is 0 Å². The van der Waals surface area contributed by atoms with Crippen LogP contribution in [0.15, 0.2) is 11.0 Å². The Hall–Kier alpha value is -0.680. The summed E-state index contributed by atoms with van der Waals surface area (Å²) in [6.45, 7) is 0. The third kappa shape index (κ3) is 2.29. The van der Waals surface area contributed by atoms with Crippen LogP contribution in [0, 0.1) is 0 Å². The van der Waals surface area contributed by atoms with Crippen LogP contribution < -0.4 is 14.2 Å². The summed E-state index contributed by atoms with van der Waals surface area (Å²) in [7, 11) is 4.73. The molecule has 1 rings (SSSR count). The zero-order valence-electron chi connectivity index (χ0n) is 8.90. The molecule has 0 spiro atoms. The molecule has 0 N–H and O–H groups in total. The number of benzene rings is 1. The number of thiol groups is 2. The molecule has 0 aliphatic heterocycles. The van der Waals surface area contributed by atoms with E-state index in [9.17, 15) is 0 Å². The minimum atomic E-state index is 0.530. The van der Waals surface area contributed by atoms with E-state index >= 15 is 0 Å². The molecule has 1 aromatic carbocycles. The fourth-order valence-corrected chi connectivity index (χ4v) is 2.09. The zero-order chi connectivity index (χ0) is 11.4. The van der Waals surface area contributed by atoms with Gasteiger partial charge in [-0.1, -0.05) is 0 Å². The van der Waals surface area contributed by atoms with Gasteiger partial charge in [-0.05, 0) is 6.07 Å². The highest BCUT2D eigenvalue weighted by Gasteiger charge is 2.17. The standard InChI is InChI=1S/C10H14O3S2/c1-11-7-4-8(15)6(5-14)9(12-2)10(7)13-3/h4,14-15H,5H2,1-3H3. The first kappa shape index (κ1) is 12.4. The maximum atomic E-state index is 5.28. The Morgan fingerprint density at radius 3 is 2.07 bits per heavy atom. The Kier molecular flexibility index (Phi) is 4.47. The van der Waals surface area contributed by atoms with Crippen molar-refractivity contribution in [2.24, 2.45) is 0 Å². The average molecular weight is 246 g/mol. The van der Waals surface area contributed by atoms with E-state index in [0.29, 0.717) is 23.0 Å². The Balaban J connectivity index is 3.44. The highest BCUT2D eigenvalue weighted by molar-refractivity contribution is 7.81.